The zero-order chi connectivity index (χ0) is 13.1. The Bertz CT molecular complexity index is 589. The second kappa shape index (κ2) is 5.41. The fourth-order valence-corrected chi connectivity index (χ4v) is 1.82. The first kappa shape index (κ1) is 12.9. The van der Waals surface area contributed by atoms with Crippen molar-refractivity contribution in [3.05, 3.63) is 52.5 Å². The SMILES string of the molecule is NC(=S)c1ccc(Oc2ccc(F)cc2Br)cn1. The number of rotatable bonds is 3. The van der Waals surface area contributed by atoms with Gasteiger partial charge < -0.3 is 10.5 Å². The van der Waals surface area contributed by atoms with Crippen LogP contribution in [0.2, 0.25) is 0 Å². The van der Waals surface area contributed by atoms with Gasteiger partial charge in [-0.15, -0.1) is 0 Å². The lowest BCUT2D eigenvalue weighted by atomic mass is 10.3. The van der Waals surface area contributed by atoms with Crippen molar-refractivity contribution in [1.82, 2.24) is 4.98 Å². The summed E-state index contributed by atoms with van der Waals surface area (Å²) in [5, 5.41) is 0. The third-order valence-corrected chi connectivity index (χ3v) is 2.94. The van der Waals surface area contributed by atoms with Gasteiger partial charge >= 0.3 is 0 Å². The highest BCUT2D eigenvalue weighted by Gasteiger charge is 2.05. The molecule has 0 radical (unpaired) electrons. The van der Waals surface area contributed by atoms with E-state index in [1.807, 2.05) is 0 Å². The molecule has 0 aliphatic carbocycles. The average Bonchev–Trinajstić information content (AvgIpc) is 2.33. The van der Waals surface area contributed by atoms with Gasteiger partial charge in [0.05, 0.1) is 16.4 Å². The van der Waals surface area contributed by atoms with Crippen LogP contribution in [0.15, 0.2) is 41.0 Å². The van der Waals surface area contributed by atoms with Crippen LogP contribution in [-0.4, -0.2) is 9.97 Å². The predicted molar refractivity (Wildman–Crippen MR) is 74.3 cm³/mol. The fourth-order valence-electron chi connectivity index (χ4n) is 1.27. The smallest absolute Gasteiger partial charge is 0.145 e. The molecule has 1 aromatic carbocycles. The Balaban J connectivity index is 2.21. The van der Waals surface area contributed by atoms with Crippen LogP contribution >= 0.6 is 28.1 Å². The second-order valence-electron chi connectivity index (χ2n) is 3.42. The monoisotopic (exact) mass is 326 g/mol. The number of hydrogen-bond donors (Lipinski definition) is 1. The van der Waals surface area contributed by atoms with Crippen LogP contribution in [-0.2, 0) is 0 Å². The van der Waals surface area contributed by atoms with E-state index in [4.69, 9.17) is 22.7 Å². The minimum Gasteiger partial charge on any atom is -0.455 e. The summed E-state index contributed by atoms with van der Waals surface area (Å²) in [6.45, 7) is 0. The molecule has 0 aliphatic rings. The molecule has 2 aromatic rings. The van der Waals surface area contributed by atoms with E-state index in [0.717, 1.165) is 0 Å². The molecule has 0 atom stereocenters. The first-order chi connectivity index (χ1) is 8.56. The Morgan fingerprint density at radius 2 is 2.11 bits per heavy atom. The number of halogens is 2. The van der Waals surface area contributed by atoms with Crippen molar-refractivity contribution in [1.29, 1.82) is 0 Å². The normalized spacial score (nSPS) is 10.1. The van der Waals surface area contributed by atoms with Crippen molar-refractivity contribution in [2.75, 3.05) is 0 Å². The van der Waals surface area contributed by atoms with Crippen LogP contribution in [0.3, 0.4) is 0 Å². The molecule has 0 aliphatic heterocycles. The molecule has 92 valence electrons. The maximum atomic E-state index is 12.9. The van der Waals surface area contributed by atoms with E-state index in [-0.39, 0.29) is 10.8 Å². The largest absolute Gasteiger partial charge is 0.455 e. The summed E-state index contributed by atoms with van der Waals surface area (Å²) in [7, 11) is 0. The lowest BCUT2D eigenvalue weighted by Crippen LogP contribution is -2.10. The minimum atomic E-state index is -0.337. The Kier molecular flexibility index (Phi) is 3.88. The van der Waals surface area contributed by atoms with E-state index >= 15 is 0 Å². The predicted octanol–water partition coefficient (Wildman–Crippen LogP) is 3.41. The zero-order valence-electron chi connectivity index (χ0n) is 9.06. The van der Waals surface area contributed by atoms with Gasteiger partial charge in [0.1, 0.15) is 22.3 Å². The molecule has 18 heavy (non-hydrogen) atoms. The number of thiocarbonyl (C=S) groups is 1. The van der Waals surface area contributed by atoms with E-state index in [2.05, 4.69) is 20.9 Å². The summed E-state index contributed by atoms with van der Waals surface area (Å²) in [6, 6.07) is 7.52. The molecule has 2 N–H and O–H groups in total. The summed E-state index contributed by atoms with van der Waals surface area (Å²) >= 11 is 8.01. The quantitative estimate of drug-likeness (QED) is 0.878. The molecule has 3 nitrogen and oxygen atoms in total. The Morgan fingerprint density at radius 1 is 1.33 bits per heavy atom. The highest BCUT2D eigenvalue weighted by molar-refractivity contribution is 9.10. The van der Waals surface area contributed by atoms with Gasteiger partial charge in [-0.2, -0.15) is 0 Å². The molecule has 0 amide bonds. The first-order valence-corrected chi connectivity index (χ1v) is 6.15. The molecule has 1 heterocycles. The van der Waals surface area contributed by atoms with Crippen LogP contribution in [0.4, 0.5) is 4.39 Å². The third kappa shape index (κ3) is 3.02. The number of aromatic nitrogens is 1. The van der Waals surface area contributed by atoms with E-state index < -0.39 is 0 Å². The number of benzene rings is 1. The summed E-state index contributed by atoms with van der Waals surface area (Å²) < 4.78 is 19.0. The average molecular weight is 327 g/mol. The molecule has 1 aromatic heterocycles. The van der Waals surface area contributed by atoms with Gasteiger partial charge in [0.25, 0.3) is 0 Å². The molecule has 6 heteroatoms. The maximum absolute atomic E-state index is 12.9. The van der Waals surface area contributed by atoms with Gasteiger partial charge in [-0.05, 0) is 46.3 Å². The van der Waals surface area contributed by atoms with Crippen molar-refractivity contribution >= 4 is 33.1 Å². The van der Waals surface area contributed by atoms with Crippen molar-refractivity contribution in [3.63, 3.8) is 0 Å². The molecule has 0 saturated heterocycles. The summed E-state index contributed by atoms with van der Waals surface area (Å²) in [6.07, 6.45) is 1.50. The maximum Gasteiger partial charge on any atom is 0.145 e. The van der Waals surface area contributed by atoms with Gasteiger partial charge in [-0.1, -0.05) is 12.2 Å². The van der Waals surface area contributed by atoms with Crippen molar-refractivity contribution in [2.45, 2.75) is 0 Å². The van der Waals surface area contributed by atoms with Crippen LogP contribution in [0, 0.1) is 5.82 Å². The summed E-state index contributed by atoms with van der Waals surface area (Å²) in [5.41, 5.74) is 5.96. The van der Waals surface area contributed by atoms with E-state index in [1.165, 1.54) is 24.4 Å². The van der Waals surface area contributed by atoms with Crippen LogP contribution in [0.1, 0.15) is 5.69 Å². The molecule has 2 rings (SSSR count). The zero-order valence-corrected chi connectivity index (χ0v) is 11.5. The Morgan fingerprint density at radius 3 is 2.67 bits per heavy atom. The fraction of sp³-hybridized carbons (Fsp3) is 0. The Hall–Kier alpha value is -1.53. The molecule has 0 bridgehead atoms. The molecular formula is C12H8BrFN2OS. The van der Waals surface area contributed by atoms with E-state index in [9.17, 15) is 4.39 Å². The second-order valence-corrected chi connectivity index (χ2v) is 4.71. The molecular weight excluding hydrogens is 319 g/mol. The first-order valence-electron chi connectivity index (χ1n) is 4.95. The van der Waals surface area contributed by atoms with Gasteiger partial charge in [0.2, 0.25) is 0 Å². The van der Waals surface area contributed by atoms with Crippen molar-refractivity contribution in [3.8, 4) is 11.5 Å². The van der Waals surface area contributed by atoms with E-state index in [1.54, 1.807) is 12.1 Å². The Labute approximate surface area is 117 Å². The highest BCUT2D eigenvalue weighted by atomic mass is 79.9. The molecule has 0 saturated carbocycles. The topological polar surface area (TPSA) is 48.1 Å². The lowest BCUT2D eigenvalue weighted by molar-refractivity contribution is 0.475. The highest BCUT2D eigenvalue weighted by Crippen LogP contribution is 2.29. The van der Waals surface area contributed by atoms with Gasteiger partial charge in [-0.3, -0.25) is 0 Å². The van der Waals surface area contributed by atoms with Crippen molar-refractivity contribution < 1.29 is 9.13 Å². The molecule has 0 spiro atoms. The van der Waals surface area contributed by atoms with Crippen LogP contribution < -0.4 is 10.5 Å². The van der Waals surface area contributed by atoms with Gasteiger partial charge in [0, 0.05) is 0 Å². The van der Waals surface area contributed by atoms with Crippen molar-refractivity contribution in [2.24, 2.45) is 5.73 Å². The van der Waals surface area contributed by atoms with Crippen LogP contribution in [0.25, 0.3) is 0 Å². The number of nitrogens with two attached hydrogens (primary N) is 1. The number of hydrogen-bond acceptors (Lipinski definition) is 3. The third-order valence-electron chi connectivity index (χ3n) is 2.11. The number of ether oxygens (including phenoxy) is 1. The molecule has 0 unspecified atom stereocenters. The number of pyridine rings is 1. The lowest BCUT2D eigenvalue weighted by Gasteiger charge is -2.07. The standard InChI is InChI=1S/C12H8BrFN2OS/c13-9-5-7(14)1-4-11(9)17-8-2-3-10(12(15)18)16-6-8/h1-6H,(H2,15,18). The number of nitrogens with zero attached hydrogens (tertiary/aromatic N) is 1. The van der Waals surface area contributed by atoms with Gasteiger partial charge in [-0.25, -0.2) is 9.37 Å². The minimum absolute atomic E-state index is 0.226. The summed E-state index contributed by atoms with van der Waals surface area (Å²) in [5.74, 6) is 0.680. The van der Waals surface area contributed by atoms with E-state index in [0.29, 0.717) is 21.7 Å². The molecule has 0 fully saturated rings. The van der Waals surface area contributed by atoms with Crippen LogP contribution in [0.5, 0.6) is 11.5 Å². The summed E-state index contributed by atoms with van der Waals surface area (Å²) in [4.78, 5) is 4.27. The van der Waals surface area contributed by atoms with Gasteiger partial charge in [0.15, 0.2) is 0 Å².